The first-order chi connectivity index (χ1) is 7.52. The van der Waals surface area contributed by atoms with Crippen LogP contribution < -0.4 is 14.8 Å². The Kier molecular flexibility index (Phi) is 4.21. The minimum atomic E-state index is -3.10. The van der Waals surface area contributed by atoms with Crippen molar-refractivity contribution in [3.05, 3.63) is 18.2 Å². The van der Waals surface area contributed by atoms with Crippen molar-refractivity contribution < 1.29 is 27.0 Å². The van der Waals surface area contributed by atoms with Crippen LogP contribution in [0.15, 0.2) is 18.2 Å². The second-order valence-electron chi connectivity index (χ2n) is 2.67. The normalized spacial score (nSPS) is 10.7. The summed E-state index contributed by atoms with van der Waals surface area (Å²) in [6, 6.07) is 3.66. The predicted molar refractivity (Wildman–Crippen MR) is 49.3 cm³/mol. The van der Waals surface area contributed by atoms with Gasteiger partial charge in [0.05, 0.1) is 0 Å². The highest BCUT2D eigenvalue weighted by molar-refractivity contribution is 5.54. The second kappa shape index (κ2) is 5.43. The van der Waals surface area contributed by atoms with E-state index in [2.05, 4.69) is 14.8 Å². The van der Waals surface area contributed by atoms with Crippen molar-refractivity contribution in [1.29, 1.82) is 0 Å². The lowest BCUT2D eigenvalue weighted by Crippen LogP contribution is -2.08. The van der Waals surface area contributed by atoms with Gasteiger partial charge < -0.3 is 14.8 Å². The average Bonchev–Trinajstić information content (AvgIpc) is 2.19. The Morgan fingerprint density at radius 2 is 1.56 bits per heavy atom. The lowest BCUT2D eigenvalue weighted by molar-refractivity contribution is -0.0691. The molecule has 0 unspecified atom stereocenters. The third kappa shape index (κ3) is 3.48. The fourth-order valence-electron chi connectivity index (χ4n) is 1.04. The zero-order valence-electron chi connectivity index (χ0n) is 8.22. The number of halogens is 4. The number of rotatable bonds is 5. The largest absolute Gasteiger partial charge is 0.431 e. The minimum Gasteiger partial charge on any atom is -0.431 e. The Labute approximate surface area is 89.0 Å². The summed E-state index contributed by atoms with van der Waals surface area (Å²) in [6.45, 7) is -6.20. The van der Waals surface area contributed by atoms with Gasteiger partial charge in [0.15, 0.2) is 11.5 Å². The summed E-state index contributed by atoms with van der Waals surface area (Å²) in [4.78, 5) is 0. The Morgan fingerprint density at radius 3 is 2.06 bits per heavy atom. The number of nitrogens with one attached hydrogen (secondary N) is 1. The molecule has 0 spiro atoms. The van der Waals surface area contributed by atoms with E-state index in [0.717, 1.165) is 12.1 Å². The van der Waals surface area contributed by atoms with Gasteiger partial charge in [0, 0.05) is 18.8 Å². The van der Waals surface area contributed by atoms with Crippen LogP contribution in [0, 0.1) is 0 Å². The standard InChI is InChI=1S/C9H9F4NO2/c1-14-5-2-3-6(15-8(10)11)7(4-5)16-9(12)13/h2-4,8-9,14H,1H3. The quantitative estimate of drug-likeness (QED) is 0.801. The van der Waals surface area contributed by atoms with Gasteiger partial charge in [0.25, 0.3) is 0 Å². The number of ether oxygens (including phenoxy) is 2. The minimum absolute atomic E-state index is 0.436. The van der Waals surface area contributed by atoms with Gasteiger partial charge in [-0.1, -0.05) is 0 Å². The van der Waals surface area contributed by atoms with Gasteiger partial charge in [-0.15, -0.1) is 0 Å². The molecule has 3 nitrogen and oxygen atoms in total. The molecular formula is C9H9F4NO2. The molecule has 7 heteroatoms. The monoisotopic (exact) mass is 239 g/mol. The van der Waals surface area contributed by atoms with E-state index in [-0.39, 0.29) is 0 Å². The van der Waals surface area contributed by atoms with Crippen LogP contribution in [0.25, 0.3) is 0 Å². The summed E-state index contributed by atoms with van der Waals surface area (Å²) >= 11 is 0. The molecule has 90 valence electrons. The first kappa shape index (κ1) is 12.4. The van der Waals surface area contributed by atoms with Crippen molar-refractivity contribution in [2.75, 3.05) is 12.4 Å². The molecule has 0 radical (unpaired) electrons. The van der Waals surface area contributed by atoms with Crippen LogP contribution in [0.3, 0.4) is 0 Å². The topological polar surface area (TPSA) is 30.5 Å². The van der Waals surface area contributed by atoms with Crippen molar-refractivity contribution in [3.63, 3.8) is 0 Å². The van der Waals surface area contributed by atoms with Gasteiger partial charge in [-0.2, -0.15) is 17.6 Å². The van der Waals surface area contributed by atoms with Crippen LogP contribution in [-0.4, -0.2) is 20.3 Å². The van der Waals surface area contributed by atoms with Gasteiger partial charge in [-0.25, -0.2) is 0 Å². The van der Waals surface area contributed by atoms with Crippen molar-refractivity contribution in [1.82, 2.24) is 0 Å². The van der Waals surface area contributed by atoms with E-state index in [4.69, 9.17) is 0 Å². The van der Waals surface area contributed by atoms with E-state index in [0.29, 0.717) is 5.69 Å². The van der Waals surface area contributed by atoms with Crippen molar-refractivity contribution >= 4 is 5.69 Å². The second-order valence-corrected chi connectivity index (χ2v) is 2.67. The van der Waals surface area contributed by atoms with E-state index in [1.807, 2.05) is 0 Å². The number of alkyl halides is 4. The molecule has 16 heavy (non-hydrogen) atoms. The average molecular weight is 239 g/mol. The van der Waals surface area contributed by atoms with Crippen molar-refractivity contribution in [2.24, 2.45) is 0 Å². The molecule has 0 aliphatic rings. The summed E-state index contributed by atoms with van der Waals surface area (Å²) in [7, 11) is 1.55. The fraction of sp³-hybridized carbons (Fsp3) is 0.333. The molecule has 0 saturated carbocycles. The summed E-state index contributed by atoms with van der Waals surface area (Å²) in [5.74, 6) is -0.878. The van der Waals surface area contributed by atoms with Crippen LogP contribution in [-0.2, 0) is 0 Å². The molecule has 0 fully saturated rings. The maximum Gasteiger partial charge on any atom is 0.387 e. The van der Waals surface area contributed by atoms with Crippen LogP contribution in [0.5, 0.6) is 11.5 Å². The molecule has 0 saturated heterocycles. The Balaban J connectivity index is 2.96. The molecule has 1 aromatic carbocycles. The maximum atomic E-state index is 12.0. The Bertz CT molecular complexity index is 346. The van der Waals surface area contributed by atoms with Gasteiger partial charge in [-0.05, 0) is 12.1 Å². The van der Waals surface area contributed by atoms with Gasteiger partial charge in [-0.3, -0.25) is 0 Å². The third-order valence-corrected chi connectivity index (χ3v) is 1.66. The van der Waals surface area contributed by atoms with Crippen LogP contribution in [0.4, 0.5) is 23.2 Å². The Morgan fingerprint density at radius 1 is 1.00 bits per heavy atom. The lowest BCUT2D eigenvalue weighted by atomic mass is 10.3. The first-order valence-electron chi connectivity index (χ1n) is 4.24. The highest BCUT2D eigenvalue weighted by atomic mass is 19.3. The van der Waals surface area contributed by atoms with Gasteiger partial charge >= 0.3 is 13.2 Å². The molecule has 0 aromatic heterocycles. The van der Waals surface area contributed by atoms with Crippen molar-refractivity contribution in [2.45, 2.75) is 13.2 Å². The SMILES string of the molecule is CNc1ccc(OC(F)F)c(OC(F)F)c1. The molecule has 0 amide bonds. The molecular weight excluding hydrogens is 230 g/mol. The molecule has 0 bridgehead atoms. The predicted octanol–water partition coefficient (Wildman–Crippen LogP) is 2.93. The molecule has 0 heterocycles. The number of anilines is 1. The third-order valence-electron chi connectivity index (χ3n) is 1.66. The van der Waals surface area contributed by atoms with Gasteiger partial charge in [0.2, 0.25) is 0 Å². The summed E-state index contributed by atoms with van der Waals surface area (Å²) in [5, 5.41) is 2.65. The van der Waals surface area contributed by atoms with Crippen LogP contribution >= 0.6 is 0 Å². The van der Waals surface area contributed by atoms with Crippen LogP contribution in [0.1, 0.15) is 0 Å². The highest BCUT2D eigenvalue weighted by Gasteiger charge is 2.14. The fourth-order valence-corrected chi connectivity index (χ4v) is 1.04. The smallest absolute Gasteiger partial charge is 0.387 e. The molecule has 1 N–H and O–H groups in total. The van der Waals surface area contributed by atoms with E-state index in [1.54, 1.807) is 7.05 Å². The van der Waals surface area contributed by atoms with E-state index >= 15 is 0 Å². The first-order valence-corrected chi connectivity index (χ1v) is 4.24. The lowest BCUT2D eigenvalue weighted by Gasteiger charge is -2.12. The summed E-state index contributed by atoms with van der Waals surface area (Å²) < 4.78 is 55.9. The molecule has 0 atom stereocenters. The number of hydrogen-bond acceptors (Lipinski definition) is 3. The highest BCUT2D eigenvalue weighted by Crippen LogP contribution is 2.32. The van der Waals surface area contributed by atoms with E-state index in [1.165, 1.54) is 6.07 Å². The molecule has 0 aliphatic heterocycles. The number of benzene rings is 1. The molecule has 1 aromatic rings. The van der Waals surface area contributed by atoms with Crippen molar-refractivity contribution in [3.8, 4) is 11.5 Å². The van der Waals surface area contributed by atoms with E-state index in [9.17, 15) is 17.6 Å². The summed E-state index contributed by atoms with van der Waals surface area (Å²) in [6.07, 6.45) is 0. The molecule has 1 rings (SSSR count). The van der Waals surface area contributed by atoms with E-state index < -0.39 is 24.7 Å². The zero-order valence-corrected chi connectivity index (χ0v) is 8.22. The Hall–Kier alpha value is -1.66. The maximum absolute atomic E-state index is 12.0. The van der Waals surface area contributed by atoms with Crippen LogP contribution in [0.2, 0.25) is 0 Å². The van der Waals surface area contributed by atoms with Gasteiger partial charge in [0.1, 0.15) is 0 Å². The summed E-state index contributed by atoms with van der Waals surface area (Å²) in [5.41, 5.74) is 0.442. The zero-order chi connectivity index (χ0) is 12.1. The molecule has 0 aliphatic carbocycles. The number of hydrogen-bond donors (Lipinski definition) is 1.